The molecule has 0 bridgehead atoms. The van der Waals surface area contributed by atoms with Crippen LogP contribution in [0.2, 0.25) is 0 Å². The second-order valence-corrected chi connectivity index (χ2v) is 9.23. The van der Waals surface area contributed by atoms with Gasteiger partial charge in [0.15, 0.2) is 0 Å². The Kier molecular flexibility index (Phi) is 5.60. The molecular formula is C29H25FN4O2. The van der Waals surface area contributed by atoms with Crippen LogP contribution in [0.25, 0.3) is 5.69 Å². The molecule has 2 heterocycles. The number of nitrogens with one attached hydrogen (secondary N) is 1. The normalized spacial score (nSPS) is 14.9. The number of amides is 2. The highest BCUT2D eigenvalue weighted by molar-refractivity contribution is 6.17. The van der Waals surface area contributed by atoms with Crippen molar-refractivity contribution in [2.45, 2.75) is 38.5 Å². The van der Waals surface area contributed by atoms with Crippen LogP contribution in [-0.2, 0) is 35.3 Å². The number of benzene rings is 3. The van der Waals surface area contributed by atoms with Crippen molar-refractivity contribution in [3.8, 4) is 5.69 Å². The molecule has 6 rings (SSSR count). The third kappa shape index (κ3) is 3.96. The molecule has 7 heteroatoms. The molecule has 0 unspecified atom stereocenters. The van der Waals surface area contributed by atoms with Crippen LogP contribution >= 0.6 is 0 Å². The van der Waals surface area contributed by atoms with Gasteiger partial charge in [-0.3, -0.25) is 14.5 Å². The maximum atomic E-state index is 14.0. The van der Waals surface area contributed by atoms with Gasteiger partial charge in [-0.05, 0) is 78.8 Å². The Labute approximate surface area is 208 Å². The molecule has 4 aromatic rings. The SMILES string of the molecule is O=C1CC(=O)N(c2ccc(-n3ccnc3CCc3ccccc3F)cc2)c2ccc3c(c2N1)CCC3. The first kappa shape index (κ1) is 22.2. The summed E-state index contributed by atoms with van der Waals surface area (Å²) in [7, 11) is 0. The lowest BCUT2D eigenvalue weighted by Gasteiger charge is -2.24. The molecule has 36 heavy (non-hydrogen) atoms. The lowest BCUT2D eigenvalue weighted by molar-refractivity contribution is -0.124. The minimum atomic E-state index is -0.279. The van der Waals surface area contributed by atoms with E-state index in [1.807, 2.05) is 47.2 Å². The summed E-state index contributed by atoms with van der Waals surface area (Å²) in [5, 5.41) is 2.99. The lowest BCUT2D eigenvalue weighted by atomic mass is 10.1. The van der Waals surface area contributed by atoms with Crippen LogP contribution in [-0.4, -0.2) is 21.4 Å². The van der Waals surface area contributed by atoms with E-state index in [1.54, 1.807) is 23.2 Å². The first-order chi connectivity index (χ1) is 17.6. The van der Waals surface area contributed by atoms with Gasteiger partial charge in [0.2, 0.25) is 11.8 Å². The summed E-state index contributed by atoms with van der Waals surface area (Å²) in [4.78, 5) is 31.7. The minimum absolute atomic E-state index is 0.201. The summed E-state index contributed by atoms with van der Waals surface area (Å²) in [6.07, 6.45) is 7.49. The maximum Gasteiger partial charge on any atom is 0.241 e. The molecule has 2 aliphatic rings. The Morgan fingerprint density at radius 3 is 2.56 bits per heavy atom. The Morgan fingerprint density at radius 2 is 1.72 bits per heavy atom. The van der Waals surface area contributed by atoms with Gasteiger partial charge in [-0.1, -0.05) is 24.3 Å². The van der Waals surface area contributed by atoms with Crippen LogP contribution in [0.3, 0.4) is 0 Å². The van der Waals surface area contributed by atoms with Crippen molar-refractivity contribution < 1.29 is 14.0 Å². The minimum Gasteiger partial charge on any atom is -0.324 e. The summed E-state index contributed by atoms with van der Waals surface area (Å²) in [6.45, 7) is 0. The molecule has 0 radical (unpaired) electrons. The van der Waals surface area contributed by atoms with Gasteiger partial charge in [0.25, 0.3) is 0 Å². The van der Waals surface area contributed by atoms with Crippen LogP contribution in [0.4, 0.5) is 21.5 Å². The molecule has 180 valence electrons. The molecular weight excluding hydrogens is 455 g/mol. The number of aryl methyl sites for hydroxylation is 3. The number of fused-ring (bicyclic) bond motifs is 3. The second-order valence-electron chi connectivity index (χ2n) is 9.23. The van der Waals surface area contributed by atoms with E-state index in [1.165, 1.54) is 11.6 Å². The molecule has 1 N–H and O–H groups in total. The molecule has 1 aliphatic carbocycles. The number of nitrogens with zero attached hydrogens (tertiary/aromatic N) is 3. The van der Waals surface area contributed by atoms with E-state index in [2.05, 4.69) is 16.4 Å². The van der Waals surface area contributed by atoms with Crippen molar-refractivity contribution in [3.05, 3.63) is 101 Å². The van der Waals surface area contributed by atoms with Crippen LogP contribution in [0.1, 0.15) is 35.4 Å². The molecule has 6 nitrogen and oxygen atoms in total. The summed E-state index contributed by atoms with van der Waals surface area (Å²) < 4.78 is 16.0. The zero-order chi connectivity index (χ0) is 24.6. The predicted molar refractivity (Wildman–Crippen MR) is 136 cm³/mol. The van der Waals surface area contributed by atoms with E-state index in [0.29, 0.717) is 29.8 Å². The number of hydrogen-bond donors (Lipinski definition) is 1. The third-order valence-corrected chi connectivity index (χ3v) is 7.01. The number of carbonyl (C=O) groups excluding carboxylic acids is 2. The Bertz CT molecular complexity index is 1480. The van der Waals surface area contributed by atoms with E-state index in [9.17, 15) is 14.0 Å². The quantitative estimate of drug-likeness (QED) is 0.395. The summed E-state index contributed by atoms with van der Waals surface area (Å²) in [5.74, 6) is 0.0808. The average molecular weight is 481 g/mol. The monoisotopic (exact) mass is 480 g/mol. The molecule has 2 amide bonds. The zero-order valence-electron chi connectivity index (χ0n) is 19.7. The fourth-order valence-electron chi connectivity index (χ4n) is 5.26. The van der Waals surface area contributed by atoms with Crippen molar-refractivity contribution in [2.24, 2.45) is 0 Å². The number of anilines is 3. The number of rotatable bonds is 5. The van der Waals surface area contributed by atoms with Crippen molar-refractivity contribution in [2.75, 3.05) is 10.2 Å². The summed E-state index contributed by atoms with van der Waals surface area (Å²) >= 11 is 0. The van der Waals surface area contributed by atoms with E-state index in [0.717, 1.165) is 42.0 Å². The topological polar surface area (TPSA) is 67.2 Å². The Morgan fingerprint density at radius 1 is 0.917 bits per heavy atom. The first-order valence-corrected chi connectivity index (χ1v) is 12.2. The average Bonchev–Trinajstić information content (AvgIpc) is 3.52. The molecule has 0 fully saturated rings. The fourth-order valence-corrected chi connectivity index (χ4v) is 5.26. The molecule has 1 aromatic heterocycles. The molecule has 0 spiro atoms. The number of halogens is 1. The van der Waals surface area contributed by atoms with Crippen LogP contribution < -0.4 is 10.2 Å². The standard InChI is InChI=1S/C29H25FN4O2/c30-24-7-2-1-4-20(24)9-15-26-31-16-17-33(26)21-10-12-22(13-11-21)34-25-14-8-19-5-3-6-23(19)29(25)32-27(35)18-28(34)36/h1-2,4,7-8,10-14,16-17H,3,5-6,9,15,18H2,(H,32,35). The van der Waals surface area contributed by atoms with Crippen molar-refractivity contribution in [1.82, 2.24) is 9.55 Å². The fraction of sp³-hybridized carbons (Fsp3) is 0.207. The van der Waals surface area contributed by atoms with Crippen LogP contribution in [0, 0.1) is 5.82 Å². The van der Waals surface area contributed by atoms with Gasteiger partial charge in [0.1, 0.15) is 18.1 Å². The Balaban J connectivity index is 1.30. The number of aromatic nitrogens is 2. The smallest absolute Gasteiger partial charge is 0.241 e. The maximum absolute atomic E-state index is 14.0. The largest absolute Gasteiger partial charge is 0.324 e. The van der Waals surface area contributed by atoms with Gasteiger partial charge < -0.3 is 9.88 Å². The third-order valence-electron chi connectivity index (χ3n) is 7.01. The Hall–Kier alpha value is -4.26. The zero-order valence-corrected chi connectivity index (χ0v) is 19.7. The second kappa shape index (κ2) is 9.07. The van der Waals surface area contributed by atoms with Crippen LogP contribution in [0.5, 0.6) is 0 Å². The van der Waals surface area contributed by atoms with Gasteiger partial charge in [0, 0.05) is 30.2 Å². The number of hydrogen-bond acceptors (Lipinski definition) is 3. The van der Waals surface area contributed by atoms with Gasteiger partial charge in [-0.25, -0.2) is 9.37 Å². The van der Waals surface area contributed by atoms with E-state index < -0.39 is 0 Å². The van der Waals surface area contributed by atoms with E-state index in [4.69, 9.17) is 0 Å². The molecule has 0 saturated carbocycles. The van der Waals surface area contributed by atoms with E-state index >= 15 is 0 Å². The molecule has 3 aromatic carbocycles. The molecule has 1 aliphatic heterocycles. The van der Waals surface area contributed by atoms with Gasteiger partial charge in [-0.15, -0.1) is 0 Å². The number of carbonyl (C=O) groups is 2. The highest BCUT2D eigenvalue weighted by atomic mass is 19.1. The van der Waals surface area contributed by atoms with Crippen molar-refractivity contribution in [1.29, 1.82) is 0 Å². The summed E-state index contributed by atoms with van der Waals surface area (Å²) in [5.41, 5.74) is 6.10. The first-order valence-electron chi connectivity index (χ1n) is 12.2. The lowest BCUT2D eigenvalue weighted by Crippen LogP contribution is -2.26. The molecule has 0 atom stereocenters. The highest BCUT2D eigenvalue weighted by Gasteiger charge is 2.31. The van der Waals surface area contributed by atoms with Crippen LogP contribution in [0.15, 0.2) is 73.1 Å². The van der Waals surface area contributed by atoms with Gasteiger partial charge in [0.05, 0.1) is 11.4 Å². The number of imidazole rings is 1. The molecule has 0 saturated heterocycles. The van der Waals surface area contributed by atoms with E-state index in [-0.39, 0.29) is 24.1 Å². The highest BCUT2D eigenvalue weighted by Crippen LogP contribution is 2.41. The van der Waals surface area contributed by atoms with Gasteiger partial charge in [-0.2, -0.15) is 0 Å². The predicted octanol–water partition coefficient (Wildman–Crippen LogP) is 5.29. The van der Waals surface area contributed by atoms with Crippen molar-refractivity contribution >= 4 is 28.9 Å². The summed E-state index contributed by atoms with van der Waals surface area (Å²) in [6, 6.07) is 18.4. The van der Waals surface area contributed by atoms with Crippen molar-refractivity contribution in [3.63, 3.8) is 0 Å². The van der Waals surface area contributed by atoms with Gasteiger partial charge >= 0.3 is 0 Å².